The zero-order valence-corrected chi connectivity index (χ0v) is 17.9. The number of fused-ring (bicyclic) bond motifs is 1. The lowest BCUT2D eigenvalue weighted by atomic mass is 9.81. The lowest BCUT2D eigenvalue weighted by Crippen LogP contribution is -3.03. The maximum atomic E-state index is 13.1. The summed E-state index contributed by atoms with van der Waals surface area (Å²) in [5.74, 6) is 0.489. The summed E-state index contributed by atoms with van der Waals surface area (Å²) in [6.07, 6.45) is 0.777. The molecule has 0 atom stereocenters. The highest BCUT2D eigenvalue weighted by Crippen LogP contribution is 2.42. The van der Waals surface area contributed by atoms with Crippen LogP contribution in [0.25, 0.3) is 0 Å². The van der Waals surface area contributed by atoms with E-state index >= 15 is 0 Å². The fourth-order valence-corrected chi connectivity index (χ4v) is 5.39. The number of thiophene rings is 1. The van der Waals surface area contributed by atoms with Crippen molar-refractivity contribution in [1.82, 2.24) is 0 Å². The van der Waals surface area contributed by atoms with Gasteiger partial charge in [0, 0.05) is 6.42 Å². The van der Waals surface area contributed by atoms with Crippen molar-refractivity contribution in [2.75, 3.05) is 19.5 Å². The maximum Gasteiger partial charge on any atom is 0.263 e. The van der Waals surface area contributed by atoms with Gasteiger partial charge in [-0.2, -0.15) is 5.26 Å². The second-order valence-electron chi connectivity index (χ2n) is 8.25. The number of rotatable bonds is 4. The molecule has 1 amide bonds. The minimum Gasteiger partial charge on any atom is -0.496 e. The molecule has 1 aliphatic heterocycles. The molecule has 0 radical (unpaired) electrons. The van der Waals surface area contributed by atoms with Gasteiger partial charge in [-0.05, 0) is 45.4 Å². The summed E-state index contributed by atoms with van der Waals surface area (Å²) >= 11 is 1.48. The minimum absolute atomic E-state index is 0.0175. The van der Waals surface area contributed by atoms with Crippen molar-refractivity contribution in [3.05, 3.63) is 39.8 Å². The second kappa shape index (κ2) is 7.12. The first-order valence-electron chi connectivity index (χ1n) is 9.09. The highest BCUT2D eigenvalue weighted by atomic mass is 32.1. The van der Waals surface area contributed by atoms with Crippen molar-refractivity contribution in [1.29, 1.82) is 5.26 Å². The number of nitrogens with one attached hydrogen (secondary N) is 1. The SMILES string of the molecule is COc1cccc(OC)c1C(=O)Nc1sc2c(c1C#N)CC(C)(C)[NH2+]C2(C)C. The predicted octanol–water partition coefficient (Wildman–Crippen LogP) is 3.02. The number of nitrogens with zero attached hydrogens (tertiary/aromatic N) is 1. The Morgan fingerprint density at radius 1 is 1.21 bits per heavy atom. The van der Waals surface area contributed by atoms with Gasteiger partial charge in [0.15, 0.2) is 0 Å². The molecule has 3 rings (SSSR count). The first-order chi connectivity index (χ1) is 13.1. The molecule has 2 aromatic rings. The summed E-state index contributed by atoms with van der Waals surface area (Å²) in [6.45, 7) is 8.65. The van der Waals surface area contributed by atoms with E-state index in [2.05, 4.69) is 44.4 Å². The van der Waals surface area contributed by atoms with Gasteiger partial charge in [0.05, 0.1) is 30.2 Å². The van der Waals surface area contributed by atoms with Gasteiger partial charge in [-0.25, -0.2) is 0 Å². The smallest absolute Gasteiger partial charge is 0.263 e. The van der Waals surface area contributed by atoms with Crippen LogP contribution in [-0.2, 0) is 12.0 Å². The highest BCUT2D eigenvalue weighted by Gasteiger charge is 2.44. The Kier molecular flexibility index (Phi) is 5.13. The molecule has 0 fully saturated rings. The molecule has 2 heterocycles. The summed E-state index contributed by atoms with van der Waals surface area (Å²) in [6, 6.07) is 7.50. The normalized spacial score (nSPS) is 16.6. The van der Waals surface area contributed by atoms with E-state index in [4.69, 9.17) is 9.47 Å². The molecule has 1 aromatic heterocycles. The Morgan fingerprint density at radius 2 is 1.82 bits per heavy atom. The van der Waals surface area contributed by atoms with E-state index in [1.807, 2.05) is 0 Å². The molecule has 0 aliphatic carbocycles. The van der Waals surface area contributed by atoms with E-state index < -0.39 is 0 Å². The van der Waals surface area contributed by atoms with Crippen molar-refractivity contribution in [2.24, 2.45) is 0 Å². The number of carbonyl (C=O) groups excluding carboxylic acids is 1. The number of quaternary nitrogens is 1. The van der Waals surface area contributed by atoms with E-state index in [0.717, 1.165) is 16.9 Å². The van der Waals surface area contributed by atoms with Crippen LogP contribution < -0.4 is 20.1 Å². The van der Waals surface area contributed by atoms with Gasteiger partial charge >= 0.3 is 0 Å². The molecule has 0 unspecified atom stereocenters. The van der Waals surface area contributed by atoms with Crippen LogP contribution >= 0.6 is 11.3 Å². The van der Waals surface area contributed by atoms with Crippen molar-refractivity contribution in [2.45, 2.75) is 45.2 Å². The zero-order valence-electron chi connectivity index (χ0n) is 17.1. The molecule has 6 nitrogen and oxygen atoms in total. The van der Waals surface area contributed by atoms with Crippen LogP contribution in [0.3, 0.4) is 0 Å². The van der Waals surface area contributed by atoms with E-state index in [1.54, 1.807) is 18.2 Å². The number of hydrogen-bond acceptors (Lipinski definition) is 5. The minimum atomic E-state index is -0.356. The van der Waals surface area contributed by atoms with Crippen LogP contribution in [-0.4, -0.2) is 25.7 Å². The standard InChI is InChI=1S/C21H25N3O3S/c1-20(2)10-12-13(11-22)19(28-17(12)21(3,4)24-20)23-18(25)16-14(26-5)8-7-9-15(16)27-6/h7-9,24H,10H2,1-6H3,(H,23,25)/p+1. The third-order valence-corrected chi connectivity index (χ3v) is 6.46. The number of carbonyl (C=O) groups is 1. The van der Waals surface area contributed by atoms with Gasteiger partial charge in [-0.1, -0.05) is 6.07 Å². The molecule has 1 aliphatic rings. The third-order valence-electron chi connectivity index (χ3n) is 4.97. The molecule has 0 saturated carbocycles. The first kappa shape index (κ1) is 20.2. The summed E-state index contributed by atoms with van der Waals surface area (Å²) in [5.41, 5.74) is 1.71. The number of amides is 1. The largest absolute Gasteiger partial charge is 0.496 e. The zero-order chi connectivity index (χ0) is 20.7. The molecule has 28 heavy (non-hydrogen) atoms. The Morgan fingerprint density at radius 3 is 2.36 bits per heavy atom. The molecular weight excluding hydrogens is 374 g/mol. The quantitative estimate of drug-likeness (QED) is 0.826. The first-order valence-corrected chi connectivity index (χ1v) is 9.91. The van der Waals surface area contributed by atoms with Gasteiger partial charge in [-0.3, -0.25) is 4.79 Å². The number of methoxy groups -OCH3 is 2. The monoisotopic (exact) mass is 400 g/mol. The van der Waals surface area contributed by atoms with Crippen LogP contribution in [0.2, 0.25) is 0 Å². The Labute approximate surface area is 169 Å². The molecule has 7 heteroatoms. The molecule has 3 N–H and O–H groups in total. The summed E-state index contributed by atoms with van der Waals surface area (Å²) in [7, 11) is 3.02. The van der Waals surface area contributed by atoms with E-state index in [1.165, 1.54) is 25.6 Å². The number of nitrogens with two attached hydrogens (primary N) is 1. The summed E-state index contributed by atoms with van der Waals surface area (Å²) < 4.78 is 10.7. The van der Waals surface area contributed by atoms with E-state index in [9.17, 15) is 10.1 Å². The molecular formula is C21H26N3O3S+. The van der Waals surface area contributed by atoms with Gasteiger partial charge in [-0.15, -0.1) is 11.3 Å². The van der Waals surface area contributed by atoms with E-state index in [0.29, 0.717) is 27.6 Å². The van der Waals surface area contributed by atoms with Crippen LogP contribution in [0.4, 0.5) is 5.00 Å². The van der Waals surface area contributed by atoms with Crippen molar-refractivity contribution < 1.29 is 19.6 Å². The Hall–Kier alpha value is -2.56. The van der Waals surface area contributed by atoms with Gasteiger partial charge in [0.25, 0.3) is 5.91 Å². The number of benzene rings is 1. The van der Waals surface area contributed by atoms with Crippen molar-refractivity contribution in [3.63, 3.8) is 0 Å². The van der Waals surface area contributed by atoms with Crippen LogP contribution in [0.5, 0.6) is 11.5 Å². The average molecular weight is 401 g/mol. The fourth-order valence-electron chi connectivity index (χ4n) is 4.15. The molecule has 1 aromatic carbocycles. The highest BCUT2D eigenvalue weighted by molar-refractivity contribution is 7.16. The van der Waals surface area contributed by atoms with Crippen molar-refractivity contribution >= 4 is 22.2 Å². The summed E-state index contributed by atoms with van der Waals surface area (Å²) in [4.78, 5) is 14.2. The Balaban J connectivity index is 2.05. The molecule has 0 spiro atoms. The third kappa shape index (κ3) is 3.46. The maximum absolute atomic E-state index is 13.1. The number of nitriles is 1. The number of ether oxygens (including phenoxy) is 2. The average Bonchev–Trinajstić information content (AvgIpc) is 2.96. The number of anilines is 1. The topological polar surface area (TPSA) is 88.0 Å². The van der Waals surface area contributed by atoms with Gasteiger partial charge in [0.1, 0.15) is 33.7 Å². The second-order valence-corrected chi connectivity index (χ2v) is 9.27. The van der Waals surface area contributed by atoms with Gasteiger partial charge < -0.3 is 20.1 Å². The van der Waals surface area contributed by atoms with Crippen molar-refractivity contribution in [3.8, 4) is 17.6 Å². The van der Waals surface area contributed by atoms with Gasteiger partial charge in [0.2, 0.25) is 0 Å². The van der Waals surface area contributed by atoms with Crippen LogP contribution in [0.15, 0.2) is 18.2 Å². The molecule has 0 saturated heterocycles. The molecule has 148 valence electrons. The van der Waals surface area contributed by atoms with Crippen LogP contribution in [0, 0.1) is 11.3 Å². The van der Waals surface area contributed by atoms with Crippen LogP contribution in [0.1, 0.15) is 54.1 Å². The fraction of sp³-hybridized carbons (Fsp3) is 0.429. The predicted molar refractivity (Wildman–Crippen MR) is 109 cm³/mol. The lowest BCUT2D eigenvalue weighted by Gasteiger charge is -2.38. The Bertz CT molecular complexity index is 948. The lowest BCUT2D eigenvalue weighted by molar-refractivity contribution is -0.789. The number of hydrogen-bond donors (Lipinski definition) is 2. The molecule has 0 bridgehead atoms. The van der Waals surface area contributed by atoms with E-state index in [-0.39, 0.29) is 17.0 Å². The summed E-state index contributed by atoms with van der Waals surface area (Å²) in [5, 5.41) is 15.7.